The third kappa shape index (κ3) is 18.1. The average molecular weight is 1260 g/mol. The summed E-state index contributed by atoms with van der Waals surface area (Å²) in [5.41, 5.74) is 28.3. The standard InChI is InChI=1S/C28H34O2.C18H22O.C15H14O.C15H16.C8H10.C7H8/c1-15-11-13-17(3)25(19(15)5)29-27-21(7)23(9)28(24(10)22(27)8)30-26-18(4)14-12-16(2)20(26)6;1-11-7-9-13(3)17(15(11)5)19-18-14(4)10-8-12(2)16(18)6;1-15(2)11-7-3-5-9-13(11)16-14-10-6-4-8-12(14)15;1-15(2,13-9-5-3-6-10-13)14-11-7-4-8-12-14;1-7-3-5-8(2)6-4-7;1-7-5-3-2-4-6-7/h11-14H,1-10H3;7-10H,1-6H3;3-10H,1-2H3;3-12H,1-2H3;3-6H,1-2H3;2-6H,1H3. The van der Waals surface area contributed by atoms with E-state index in [2.05, 4.69) is 329 Å². The highest BCUT2D eigenvalue weighted by atomic mass is 16.5. The molecule has 95 heavy (non-hydrogen) atoms. The minimum atomic E-state index is 0.0193. The van der Waals surface area contributed by atoms with Gasteiger partial charge >= 0.3 is 0 Å². The number of benzene rings is 11. The van der Waals surface area contributed by atoms with E-state index in [9.17, 15) is 0 Å². The molecule has 11 aromatic carbocycles. The van der Waals surface area contributed by atoms with E-state index in [4.69, 9.17) is 18.9 Å². The summed E-state index contributed by atoms with van der Waals surface area (Å²) in [6, 6.07) is 73.6. The molecule has 12 rings (SSSR count). The van der Waals surface area contributed by atoms with Gasteiger partial charge in [0.2, 0.25) is 0 Å². The van der Waals surface area contributed by atoms with Gasteiger partial charge in [0.05, 0.1) is 0 Å². The molecule has 1 aliphatic rings. The third-order valence-corrected chi connectivity index (χ3v) is 19.1. The Morgan fingerprint density at radius 2 is 0.474 bits per heavy atom. The van der Waals surface area contributed by atoms with Gasteiger partial charge in [-0.1, -0.05) is 245 Å². The normalized spacial score (nSPS) is 11.5. The molecular weight excluding hydrogens is 1160 g/mol. The number of para-hydroxylation sites is 2. The van der Waals surface area contributed by atoms with Crippen molar-refractivity contribution >= 4 is 0 Å². The fourth-order valence-corrected chi connectivity index (χ4v) is 11.6. The largest absolute Gasteiger partial charge is 0.457 e. The van der Waals surface area contributed by atoms with Gasteiger partial charge in [-0.2, -0.15) is 0 Å². The first-order valence-corrected chi connectivity index (χ1v) is 33.5. The quantitative estimate of drug-likeness (QED) is 0.152. The number of hydrogen-bond acceptors (Lipinski definition) is 4. The first-order chi connectivity index (χ1) is 45.0. The van der Waals surface area contributed by atoms with E-state index in [-0.39, 0.29) is 10.8 Å². The molecule has 1 aliphatic heterocycles. The van der Waals surface area contributed by atoms with E-state index in [1.54, 1.807) is 0 Å². The van der Waals surface area contributed by atoms with Crippen LogP contribution in [-0.4, -0.2) is 0 Å². The lowest BCUT2D eigenvalue weighted by molar-refractivity contribution is 0.418. The fraction of sp³-hybridized carbons (Fsp3) is 0.275. The van der Waals surface area contributed by atoms with Crippen molar-refractivity contribution in [3.8, 4) is 46.0 Å². The molecule has 0 aliphatic carbocycles. The monoisotopic (exact) mass is 1260 g/mol. The molecule has 0 aromatic heterocycles. The Kier molecular flexibility index (Phi) is 25.1. The van der Waals surface area contributed by atoms with E-state index in [0.29, 0.717) is 0 Å². The molecule has 0 saturated heterocycles. The molecule has 4 heteroatoms. The molecule has 492 valence electrons. The maximum absolute atomic E-state index is 6.56. The molecule has 0 bridgehead atoms. The van der Waals surface area contributed by atoms with Gasteiger partial charge in [0, 0.05) is 22.0 Å². The molecule has 0 N–H and O–H groups in total. The number of aryl methyl sites for hydroxylation is 11. The molecule has 0 spiro atoms. The van der Waals surface area contributed by atoms with Crippen molar-refractivity contribution in [3.63, 3.8) is 0 Å². The highest BCUT2D eigenvalue weighted by molar-refractivity contribution is 5.62. The maximum atomic E-state index is 6.56. The Morgan fingerprint density at radius 1 is 0.242 bits per heavy atom. The summed E-state index contributed by atoms with van der Waals surface area (Å²) in [7, 11) is 0. The summed E-state index contributed by atoms with van der Waals surface area (Å²) >= 11 is 0. The van der Waals surface area contributed by atoms with Gasteiger partial charge < -0.3 is 18.9 Å². The minimum absolute atomic E-state index is 0.0193. The van der Waals surface area contributed by atoms with Crippen LogP contribution in [0.5, 0.6) is 46.0 Å². The molecule has 0 fully saturated rings. The lowest BCUT2D eigenvalue weighted by Gasteiger charge is -2.34. The van der Waals surface area contributed by atoms with Gasteiger partial charge in [0.15, 0.2) is 0 Å². The van der Waals surface area contributed by atoms with Crippen molar-refractivity contribution < 1.29 is 18.9 Å². The van der Waals surface area contributed by atoms with Gasteiger partial charge in [0.25, 0.3) is 0 Å². The van der Waals surface area contributed by atoms with Crippen LogP contribution in [0.2, 0.25) is 0 Å². The SMILES string of the molecule is CC(C)(c1ccccc1)c1ccccc1.CC1(C)c2ccccc2Oc2ccccc21.Cc1ccc(C)c(Oc2c(C)c(C)c(Oc3c(C)ccc(C)c3C)c(C)c2C)c1C.Cc1ccc(C)c(Oc2c(C)ccc(C)c2C)c1C.Cc1ccc(C)cc1.Cc1ccccc1. The Balaban J connectivity index is 0.000000171. The van der Waals surface area contributed by atoms with Crippen LogP contribution in [0.3, 0.4) is 0 Å². The molecule has 0 amide bonds. The van der Waals surface area contributed by atoms with Crippen molar-refractivity contribution in [2.45, 2.75) is 170 Å². The van der Waals surface area contributed by atoms with Gasteiger partial charge in [-0.3, -0.25) is 0 Å². The second-order valence-electron chi connectivity index (χ2n) is 27.0. The van der Waals surface area contributed by atoms with Gasteiger partial charge in [-0.05, 0) is 244 Å². The number of ether oxygens (including phenoxy) is 4. The summed E-state index contributed by atoms with van der Waals surface area (Å²) in [6.45, 7) is 49.2. The Labute approximate surface area is 572 Å². The van der Waals surface area contributed by atoms with Crippen LogP contribution in [0.4, 0.5) is 0 Å². The Morgan fingerprint density at radius 3 is 0.747 bits per heavy atom. The molecule has 11 aromatic rings. The van der Waals surface area contributed by atoms with Crippen LogP contribution in [0.15, 0.2) is 212 Å². The zero-order valence-corrected chi connectivity index (χ0v) is 61.3. The molecule has 4 nitrogen and oxygen atoms in total. The first-order valence-electron chi connectivity index (χ1n) is 33.5. The van der Waals surface area contributed by atoms with E-state index in [1.165, 1.54) is 94.6 Å². The molecular formula is C91H104O4. The smallest absolute Gasteiger partial charge is 0.134 e. The zero-order valence-electron chi connectivity index (χ0n) is 61.3. The first kappa shape index (κ1) is 73.0. The van der Waals surface area contributed by atoms with Crippen LogP contribution in [-0.2, 0) is 10.8 Å². The highest BCUT2D eigenvalue weighted by Crippen LogP contribution is 2.48. The van der Waals surface area contributed by atoms with Crippen molar-refractivity contribution in [3.05, 3.63) is 340 Å². The highest BCUT2D eigenvalue weighted by Gasteiger charge is 2.33. The average Bonchev–Trinajstić information content (AvgIpc) is 0.769. The van der Waals surface area contributed by atoms with Crippen molar-refractivity contribution in [1.82, 2.24) is 0 Å². The number of hydrogen-bond donors (Lipinski definition) is 0. The summed E-state index contributed by atoms with van der Waals surface area (Å²) in [5, 5.41) is 0. The minimum Gasteiger partial charge on any atom is -0.457 e. The third-order valence-electron chi connectivity index (χ3n) is 19.1. The lowest BCUT2D eigenvalue weighted by Crippen LogP contribution is -2.23. The molecule has 0 saturated carbocycles. The van der Waals surface area contributed by atoms with Crippen LogP contribution in [0.1, 0.15) is 156 Å². The second-order valence-corrected chi connectivity index (χ2v) is 27.0. The topological polar surface area (TPSA) is 36.9 Å². The second kappa shape index (κ2) is 32.6. The van der Waals surface area contributed by atoms with Gasteiger partial charge in [-0.15, -0.1) is 0 Å². The predicted molar refractivity (Wildman–Crippen MR) is 405 cm³/mol. The van der Waals surface area contributed by atoms with Crippen LogP contribution >= 0.6 is 0 Å². The zero-order chi connectivity index (χ0) is 69.5. The maximum Gasteiger partial charge on any atom is 0.134 e. The lowest BCUT2D eigenvalue weighted by atomic mass is 9.76. The van der Waals surface area contributed by atoms with E-state index in [0.717, 1.165) is 79.4 Å². The van der Waals surface area contributed by atoms with Crippen LogP contribution in [0.25, 0.3) is 0 Å². The van der Waals surface area contributed by atoms with Crippen LogP contribution in [0, 0.1) is 132 Å². The van der Waals surface area contributed by atoms with Crippen molar-refractivity contribution in [2.75, 3.05) is 0 Å². The summed E-state index contributed by atoms with van der Waals surface area (Å²) in [5.74, 6) is 7.74. The van der Waals surface area contributed by atoms with Crippen molar-refractivity contribution in [2.24, 2.45) is 0 Å². The Hall–Kier alpha value is -9.38. The van der Waals surface area contributed by atoms with E-state index < -0.39 is 0 Å². The summed E-state index contributed by atoms with van der Waals surface area (Å²) in [4.78, 5) is 0. The molecule has 1 heterocycles. The summed E-state index contributed by atoms with van der Waals surface area (Å²) in [6.07, 6.45) is 0. The summed E-state index contributed by atoms with van der Waals surface area (Å²) < 4.78 is 25.3. The van der Waals surface area contributed by atoms with Gasteiger partial charge in [-0.25, -0.2) is 0 Å². The molecule has 0 atom stereocenters. The Bertz CT molecular complexity index is 4070. The van der Waals surface area contributed by atoms with Crippen LogP contribution < -0.4 is 18.9 Å². The molecule has 0 radical (unpaired) electrons. The number of rotatable bonds is 8. The predicted octanol–water partition coefficient (Wildman–Crippen LogP) is 26.1. The van der Waals surface area contributed by atoms with E-state index in [1.807, 2.05) is 42.5 Å². The van der Waals surface area contributed by atoms with E-state index >= 15 is 0 Å². The number of fused-ring (bicyclic) bond motifs is 2. The molecule has 0 unspecified atom stereocenters. The van der Waals surface area contributed by atoms with Gasteiger partial charge in [0.1, 0.15) is 46.0 Å². The fourth-order valence-electron chi connectivity index (χ4n) is 11.6. The van der Waals surface area contributed by atoms with Crippen molar-refractivity contribution in [1.29, 1.82) is 0 Å².